The lowest BCUT2D eigenvalue weighted by molar-refractivity contribution is -0.0459. The van der Waals surface area contributed by atoms with Gasteiger partial charge in [0, 0.05) is 25.6 Å². The van der Waals surface area contributed by atoms with E-state index in [1.54, 1.807) is 0 Å². The zero-order valence-corrected chi connectivity index (χ0v) is 9.41. The van der Waals surface area contributed by atoms with Crippen molar-refractivity contribution < 1.29 is 4.74 Å². The van der Waals surface area contributed by atoms with Crippen LogP contribution in [-0.4, -0.2) is 43.3 Å². The standard InChI is InChI=1S/C11H21N3O/c1-3-5-6-10(13-12)11-9-14(4-2)7-8-15-11/h1,10-11,13H,4-9,12H2,2H3. The lowest BCUT2D eigenvalue weighted by Gasteiger charge is -2.36. The van der Waals surface area contributed by atoms with Crippen LogP contribution < -0.4 is 11.3 Å². The Labute approximate surface area is 92.1 Å². The Hall–Kier alpha value is -0.600. The molecule has 1 saturated heterocycles. The number of nitrogens with zero attached hydrogens (tertiary/aromatic N) is 1. The van der Waals surface area contributed by atoms with Crippen LogP contribution in [0.25, 0.3) is 0 Å². The maximum atomic E-state index is 5.71. The number of rotatable bonds is 5. The van der Waals surface area contributed by atoms with Crippen molar-refractivity contribution in [2.24, 2.45) is 5.84 Å². The van der Waals surface area contributed by atoms with E-state index in [1.165, 1.54) is 0 Å². The smallest absolute Gasteiger partial charge is 0.0869 e. The fraction of sp³-hybridized carbons (Fsp3) is 0.818. The number of hydrazine groups is 1. The first-order valence-corrected chi connectivity index (χ1v) is 5.55. The Kier molecular flexibility index (Phi) is 5.66. The molecule has 1 heterocycles. The van der Waals surface area contributed by atoms with Gasteiger partial charge in [-0.05, 0) is 13.0 Å². The predicted octanol–water partition coefficient (Wildman–Crippen LogP) is -0.0476. The van der Waals surface area contributed by atoms with Crippen LogP contribution in [-0.2, 0) is 4.74 Å². The summed E-state index contributed by atoms with van der Waals surface area (Å²) in [4.78, 5) is 2.37. The van der Waals surface area contributed by atoms with Crippen molar-refractivity contribution in [3.8, 4) is 12.3 Å². The molecule has 15 heavy (non-hydrogen) atoms. The van der Waals surface area contributed by atoms with E-state index in [1.807, 2.05) is 0 Å². The highest BCUT2D eigenvalue weighted by Crippen LogP contribution is 2.11. The second-order valence-corrected chi connectivity index (χ2v) is 3.82. The Morgan fingerprint density at radius 2 is 2.53 bits per heavy atom. The van der Waals surface area contributed by atoms with Crippen molar-refractivity contribution in [1.29, 1.82) is 0 Å². The van der Waals surface area contributed by atoms with Crippen molar-refractivity contribution in [2.45, 2.75) is 31.9 Å². The topological polar surface area (TPSA) is 50.5 Å². The van der Waals surface area contributed by atoms with Crippen molar-refractivity contribution in [3.05, 3.63) is 0 Å². The number of hydrogen-bond acceptors (Lipinski definition) is 4. The molecule has 0 aromatic rings. The summed E-state index contributed by atoms with van der Waals surface area (Å²) in [7, 11) is 0. The third-order valence-corrected chi connectivity index (χ3v) is 2.89. The monoisotopic (exact) mass is 211 g/mol. The van der Waals surface area contributed by atoms with E-state index >= 15 is 0 Å². The van der Waals surface area contributed by atoms with E-state index in [-0.39, 0.29) is 12.1 Å². The van der Waals surface area contributed by atoms with Crippen molar-refractivity contribution in [1.82, 2.24) is 10.3 Å². The van der Waals surface area contributed by atoms with Gasteiger partial charge in [0.15, 0.2) is 0 Å². The molecule has 0 amide bonds. The maximum Gasteiger partial charge on any atom is 0.0869 e. The third kappa shape index (κ3) is 3.80. The molecule has 1 rings (SSSR count). The van der Waals surface area contributed by atoms with E-state index in [9.17, 15) is 0 Å². The summed E-state index contributed by atoms with van der Waals surface area (Å²) in [5.74, 6) is 8.15. The molecule has 0 spiro atoms. The second kappa shape index (κ2) is 6.81. The molecule has 2 atom stereocenters. The van der Waals surface area contributed by atoms with Crippen molar-refractivity contribution in [3.63, 3.8) is 0 Å². The summed E-state index contributed by atoms with van der Waals surface area (Å²) >= 11 is 0. The first-order valence-electron chi connectivity index (χ1n) is 5.55. The summed E-state index contributed by atoms with van der Waals surface area (Å²) in [5.41, 5.74) is 2.80. The Morgan fingerprint density at radius 1 is 1.73 bits per heavy atom. The first kappa shape index (κ1) is 12.5. The van der Waals surface area contributed by atoms with Gasteiger partial charge < -0.3 is 4.74 Å². The average molecular weight is 211 g/mol. The van der Waals surface area contributed by atoms with Gasteiger partial charge in [0.1, 0.15) is 0 Å². The Morgan fingerprint density at radius 3 is 3.13 bits per heavy atom. The van der Waals surface area contributed by atoms with E-state index in [4.69, 9.17) is 17.0 Å². The van der Waals surface area contributed by atoms with Crippen molar-refractivity contribution in [2.75, 3.05) is 26.2 Å². The highest BCUT2D eigenvalue weighted by molar-refractivity contribution is 4.89. The quantitative estimate of drug-likeness (QED) is 0.380. The van der Waals surface area contributed by atoms with Crippen LogP contribution in [0.5, 0.6) is 0 Å². The summed E-state index contributed by atoms with van der Waals surface area (Å²) in [5, 5.41) is 0. The molecule has 4 heteroatoms. The molecule has 0 saturated carbocycles. The predicted molar refractivity (Wildman–Crippen MR) is 61.0 cm³/mol. The number of ether oxygens (including phenoxy) is 1. The minimum Gasteiger partial charge on any atom is -0.374 e. The lowest BCUT2D eigenvalue weighted by Crippen LogP contribution is -2.53. The Balaban J connectivity index is 2.41. The molecule has 0 radical (unpaired) electrons. The second-order valence-electron chi connectivity index (χ2n) is 3.82. The van der Waals surface area contributed by atoms with E-state index in [2.05, 4.69) is 23.2 Å². The van der Waals surface area contributed by atoms with Crippen LogP contribution in [0.3, 0.4) is 0 Å². The molecule has 4 nitrogen and oxygen atoms in total. The number of likely N-dealkylation sites (N-methyl/N-ethyl adjacent to an activating group) is 1. The van der Waals surface area contributed by atoms with E-state index in [0.717, 1.165) is 39.1 Å². The fourth-order valence-electron chi connectivity index (χ4n) is 1.88. The number of morpholine rings is 1. The molecular formula is C11H21N3O. The minimum atomic E-state index is 0.162. The molecule has 1 aliphatic heterocycles. The van der Waals surface area contributed by atoms with Gasteiger partial charge in [-0.2, -0.15) is 0 Å². The SMILES string of the molecule is C#CCCC(NN)C1CN(CC)CCO1. The summed E-state index contributed by atoms with van der Waals surface area (Å²) in [6, 6.07) is 0.162. The van der Waals surface area contributed by atoms with Crippen LogP contribution in [0.2, 0.25) is 0 Å². The normalized spacial score (nSPS) is 24.7. The number of nitrogens with two attached hydrogens (primary N) is 1. The molecular weight excluding hydrogens is 190 g/mol. The molecule has 2 unspecified atom stereocenters. The molecule has 0 bridgehead atoms. The molecule has 0 aliphatic carbocycles. The summed E-state index contributed by atoms with van der Waals surface area (Å²) < 4.78 is 5.71. The summed E-state index contributed by atoms with van der Waals surface area (Å²) in [6.07, 6.45) is 7.02. The fourth-order valence-corrected chi connectivity index (χ4v) is 1.88. The average Bonchev–Trinajstić information content (AvgIpc) is 2.30. The molecule has 3 N–H and O–H groups in total. The van der Waals surface area contributed by atoms with Gasteiger partial charge in [-0.1, -0.05) is 6.92 Å². The van der Waals surface area contributed by atoms with Gasteiger partial charge in [-0.15, -0.1) is 12.3 Å². The maximum absolute atomic E-state index is 5.71. The lowest BCUT2D eigenvalue weighted by atomic mass is 10.0. The molecule has 1 fully saturated rings. The third-order valence-electron chi connectivity index (χ3n) is 2.89. The largest absolute Gasteiger partial charge is 0.374 e. The molecule has 0 aromatic carbocycles. The van der Waals surface area contributed by atoms with Crippen LogP contribution in [0.15, 0.2) is 0 Å². The van der Waals surface area contributed by atoms with Gasteiger partial charge in [-0.25, -0.2) is 0 Å². The number of hydrogen-bond donors (Lipinski definition) is 2. The van der Waals surface area contributed by atoms with Gasteiger partial charge >= 0.3 is 0 Å². The van der Waals surface area contributed by atoms with Gasteiger partial charge in [-0.3, -0.25) is 16.2 Å². The van der Waals surface area contributed by atoms with Gasteiger partial charge in [0.05, 0.1) is 12.7 Å². The molecule has 1 aliphatic rings. The summed E-state index contributed by atoms with van der Waals surface area (Å²) in [6.45, 7) is 5.96. The highest BCUT2D eigenvalue weighted by Gasteiger charge is 2.26. The van der Waals surface area contributed by atoms with Crippen LogP contribution in [0.4, 0.5) is 0 Å². The number of terminal acetylenes is 1. The van der Waals surface area contributed by atoms with Crippen LogP contribution in [0, 0.1) is 12.3 Å². The molecule has 86 valence electrons. The zero-order valence-electron chi connectivity index (χ0n) is 9.41. The van der Waals surface area contributed by atoms with Crippen LogP contribution in [0.1, 0.15) is 19.8 Å². The minimum absolute atomic E-state index is 0.162. The molecule has 0 aromatic heterocycles. The van der Waals surface area contributed by atoms with Gasteiger partial charge in [0.2, 0.25) is 0 Å². The van der Waals surface area contributed by atoms with Crippen LogP contribution >= 0.6 is 0 Å². The van der Waals surface area contributed by atoms with E-state index < -0.39 is 0 Å². The van der Waals surface area contributed by atoms with Crippen molar-refractivity contribution >= 4 is 0 Å². The number of nitrogens with one attached hydrogen (secondary N) is 1. The Bertz CT molecular complexity index is 214. The zero-order chi connectivity index (χ0) is 11.1. The highest BCUT2D eigenvalue weighted by atomic mass is 16.5. The first-order chi connectivity index (χ1) is 7.31. The van der Waals surface area contributed by atoms with Gasteiger partial charge in [0.25, 0.3) is 0 Å². The van der Waals surface area contributed by atoms with E-state index in [0.29, 0.717) is 0 Å².